The highest BCUT2D eigenvalue weighted by atomic mass is 19.4. The minimum Gasteiger partial charge on any atom is -0.481 e. The van der Waals surface area contributed by atoms with E-state index >= 15 is 0 Å². The third kappa shape index (κ3) is 2.94. The van der Waals surface area contributed by atoms with E-state index in [0.717, 1.165) is 5.56 Å². The van der Waals surface area contributed by atoms with E-state index in [2.05, 4.69) is 0 Å². The number of benzene rings is 1. The molecule has 1 aliphatic heterocycles. The molecule has 0 unspecified atom stereocenters. The van der Waals surface area contributed by atoms with Crippen LogP contribution in [-0.4, -0.2) is 30.3 Å². The number of alkyl halides is 3. The summed E-state index contributed by atoms with van der Waals surface area (Å²) in [4.78, 5) is 11.8. The quantitative estimate of drug-likeness (QED) is 0.905. The summed E-state index contributed by atoms with van der Waals surface area (Å²) < 4.78 is 37.0. The Labute approximate surface area is 102 Å². The van der Waals surface area contributed by atoms with Crippen LogP contribution in [0, 0.1) is 0 Å². The number of rotatable bonds is 3. The van der Waals surface area contributed by atoms with Crippen molar-refractivity contribution in [2.24, 2.45) is 0 Å². The molecule has 3 nitrogen and oxygen atoms in total. The van der Waals surface area contributed by atoms with Crippen molar-refractivity contribution < 1.29 is 23.1 Å². The number of carbonyl (C=O) groups is 1. The number of aliphatic carboxylic acids is 1. The second kappa shape index (κ2) is 4.51. The zero-order valence-corrected chi connectivity index (χ0v) is 9.50. The lowest BCUT2D eigenvalue weighted by molar-refractivity contribution is -0.136. The predicted molar refractivity (Wildman–Crippen MR) is 59.8 cm³/mol. The van der Waals surface area contributed by atoms with Crippen LogP contribution in [0.2, 0.25) is 0 Å². The van der Waals surface area contributed by atoms with Gasteiger partial charge in [-0.25, -0.2) is 0 Å². The van der Waals surface area contributed by atoms with Crippen LogP contribution in [0.25, 0.3) is 0 Å². The Morgan fingerprint density at radius 3 is 2.72 bits per heavy atom. The Morgan fingerprint density at radius 2 is 2.11 bits per heavy atom. The van der Waals surface area contributed by atoms with Gasteiger partial charge in [0.2, 0.25) is 0 Å². The first kappa shape index (κ1) is 12.7. The number of nitrogens with zero attached hydrogens (tertiary/aromatic N) is 1. The van der Waals surface area contributed by atoms with Crippen molar-refractivity contribution in [1.29, 1.82) is 0 Å². The largest absolute Gasteiger partial charge is 0.481 e. The van der Waals surface area contributed by atoms with Gasteiger partial charge in [-0.05, 0) is 23.6 Å². The van der Waals surface area contributed by atoms with Crippen molar-refractivity contribution in [3.05, 3.63) is 29.3 Å². The molecule has 0 fully saturated rings. The van der Waals surface area contributed by atoms with E-state index in [9.17, 15) is 18.0 Å². The summed E-state index contributed by atoms with van der Waals surface area (Å²) in [5.41, 5.74) is 1.97. The zero-order valence-electron chi connectivity index (χ0n) is 9.50. The number of hydrogen-bond donors (Lipinski definition) is 1. The van der Waals surface area contributed by atoms with Crippen molar-refractivity contribution in [2.75, 3.05) is 18.0 Å². The molecule has 1 aliphatic rings. The molecule has 0 radical (unpaired) electrons. The van der Waals surface area contributed by atoms with Crippen LogP contribution in [0.1, 0.15) is 11.1 Å². The van der Waals surface area contributed by atoms with Gasteiger partial charge in [0.05, 0.1) is 6.42 Å². The van der Waals surface area contributed by atoms with E-state index < -0.39 is 18.7 Å². The molecule has 1 aromatic carbocycles. The van der Waals surface area contributed by atoms with Gasteiger partial charge in [-0.3, -0.25) is 4.79 Å². The van der Waals surface area contributed by atoms with Crippen LogP contribution in [0.3, 0.4) is 0 Å². The second-order valence-corrected chi connectivity index (χ2v) is 4.32. The SMILES string of the molecule is O=C(O)Cc1ccc2c(c1)CCN2CC(F)(F)F. The smallest absolute Gasteiger partial charge is 0.405 e. The molecular formula is C12H12F3NO2. The van der Waals surface area contributed by atoms with Crippen LogP contribution in [0.4, 0.5) is 18.9 Å². The molecule has 18 heavy (non-hydrogen) atoms. The Morgan fingerprint density at radius 1 is 1.39 bits per heavy atom. The van der Waals surface area contributed by atoms with Gasteiger partial charge in [0, 0.05) is 12.2 Å². The van der Waals surface area contributed by atoms with Crippen LogP contribution >= 0.6 is 0 Å². The van der Waals surface area contributed by atoms with Gasteiger partial charge < -0.3 is 10.0 Å². The van der Waals surface area contributed by atoms with Crippen molar-refractivity contribution in [3.63, 3.8) is 0 Å². The van der Waals surface area contributed by atoms with E-state index in [1.807, 2.05) is 0 Å². The van der Waals surface area contributed by atoms with E-state index in [4.69, 9.17) is 5.11 Å². The van der Waals surface area contributed by atoms with Crippen molar-refractivity contribution in [1.82, 2.24) is 0 Å². The van der Waals surface area contributed by atoms with Crippen molar-refractivity contribution in [3.8, 4) is 0 Å². The Hall–Kier alpha value is -1.72. The molecule has 0 saturated heterocycles. The van der Waals surface area contributed by atoms with E-state index in [-0.39, 0.29) is 6.42 Å². The van der Waals surface area contributed by atoms with Crippen LogP contribution < -0.4 is 4.90 Å². The molecule has 0 spiro atoms. The minimum atomic E-state index is -4.22. The van der Waals surface area contributed by atoms with Gasteiger partial charge in [-0.15, -0.1) is 0 Å². The maximum Gasteiger partial charge on any atom is 0.405 e. The highest BCUT2D eigenvalue weighted by Crippen LogP contribution is 2.31. The molecule has 0 amide bonds. The van der Waals surface area contributed by atoms with Crippen molar-refractivity contribution in [2.45, 2.75) is 19.0 Å². The van der Waals surface area contributed by atoms with Gasteiger partial charge in [0.15, 0.2) is 0 Å². The van der Waals surface area contributed by atoms with E-state index in [0.29, 0.717) is 24.2 Å². The average Bonchev–Trinajstić information content (AvgIpc) is 2.57. The van der Waals surface area contributed by atoms with Crippen molar-refractivity contribution >= 4 is 11.7 Å². The Bertz CT molecular complexity index is 471. The molecule has 1 aromatic rings. The summed E-state index contributed by atoms with van der Waals surface area (Å²) in [5, 5.41) is 8.66. The fourth-order valence-electron chi connectivity index (χ4n) is 2.19. The summed E-state index contributed by atoms with van der Waals surface area (Å²) in [6.45, 7) is -0.635. The first-order chi connectivity index (χ1) is 8.35. The van der Waals surface area contributed by atoms with Crippen LogP contribution in [0.5, 0.6) is 0 Å². The van der Waals surface area contributed by atoms with Crippen LogP contribution in [0.15, 0.2) is 18.2 Å². The molecule has 1 N–H and O–H groups in total. The maximum absolute atomic E-state index is 12.3. The Balaban J connectivity index is 2.17. The fourth-order valence-corrected chi connectivity index (χ4v) is 2.19. The molecule has 0 atom stereocenters. The third-order valence-electron chi connectivity index (χ3n) is 2.86. The predicted octanol–water partition coefficient (Wildman–Crippen LogP) is 2.24. The maximum atomic E-state index is 12.3. The Kier molecular flexibility index (Phi) is 3.19. The number of carboxylic acids is 1. The topological polar surface area (TPSA) is 40.5 Å². The lowest BCUT2D eigenvalue weighted by Crippen LogP contribution is -2.32. The lowest BCUT2D eigenvalue weighted by atomic mass is 10.1. The normalized spacial score (nSPS) is 14.7. The summed E-state index contributed by atoms with van der Waals surface area (Å²) in [7, 11) is 0. The fraction of sp³-hybridized carbons (Fsp3) is 0.417. The van der Waals surface area contributed by atoms with Gasteiger partial charge >= 0.3 is 12.1 Å². The first-order valence-corrected chi connectivity index (χ1v) is 5.50. The number of anilines is 1. The van der Waals surface area contributed by atoms with Gasteiger partial charge in [0.25, 0.3) is 0 Å². The molecule has 0 saturated carbocycles. The highest BCUT2D eigenvalue weighted by molar-refractivity contribution is 5.71. The average molecular weight is 259 g/mol. The second-order valence-electron chi connectivity index (χ2n) is 4.32. The molecule has 0 bridgehead atoms. The first-order valence-electron chi connectivity index (χ1n) is 5.50. The van der Waals surface area contributed by atoms with Gasteiger partial charge in [-0.2, -0.15) is 13.2 Å². The highest BCUT2D eigenvalue weighted by Gasteiger charge is 2.33. The lowest BCUT2D eigenvalue weighted by Gasteiger charge is -2.21. The molecular weight excluding hydrogens is 247 g/mol. The van der Waals surface area contributed by atoms with E-state index in [1.54, 1.807) is 18.2 Å². The summed E-state index contributed by atoms with van der Waals surface area (Å²) >= 11 is 0. The molecule has 0 aliphatic carbocycles. The molecule has 2 rings (SSSR count). The van der Waals surface area contributed by atoms with Gasteiger partial charge in [-0.1, -0.05) is 12.1 Å². The molecule has 6 heteroatoms. The number of halogens is 3. The number of fused-ring (bicyclic) bond motifs is 1. The molecule has 1 heterocycles. The van der Waals surface area contributed by atoms with Crippen LogP contribution in [-0.2, 0) is 17.6 Å². The standard InChI is InChI=1S/C12H12F3NO2/c13-12(14,15)7-16-4-3-9-5-8(6-11(17)18)1-2-10(9)16/h1-2,5H,3-4,6-7H2,(H,17,18). The summed E-state index contributed by atoms with van der Waals surface area (Å²) in [6.07, 6.45) is -3.80. The summed E-state index contributed by atoms with van der Waals surface area (Å²) in [5.74, 6) is -0.944. The number of carboxylic acid groups (broad SMARTS) is 1. The number of hydrogen-bond acceptors (Lipinski definition) is 2. The van der Waals surface area contributed by atoms with Gasteiger partial charge in [0.1, 0.15) is 6.54 Å². The van der Waals surface area contributed by atoms with E-state index in [1.165, 1.54) is 4.90 Å². The monoisotopic (exact) mass is 259 g/mol. The summed E-state index contributed by atoms with van der Waals surface area (Å²) in [6, 6.07) is 4.83. The minimum absolute atomic E-state index is 0.105. The zero-order chi connectivity index (χ0) is 13.3. The molecule has 98 valence electrons. The molecule has 0 aromatic heterocycles. The third-order valence-corrected chi connectivity index (χ3v) is 2.86.